The van der Waals surface area contributed by atoms with Gasteiger partial charge in [-0.3, -0.25) is 4.79 Å². The number of nitrogens with one attached hydrogen (secondary N) is 1. The summed E-state index contributed by atoms with van der Waals surface area (Å²) >= 11 is 1.46. The highest BCUT2D eigenvalue weighted by Crippen LogP contribution is 2.16. The normalized spacial score (nSPS) is 11.5. The number of amides is 1. The van der Waals surface area contributed by atoms with Crippen molar-refractivity contribution >= 4 is 17.7 Å². The number of rotatable bonds is 4. The molecule has 1 amide bonds. The summed E-state index contributed by atoms with van der Waals surface area (Å²) in [4.78, 5) is 12.4. The molecule has 0 aliphatic heterocycles. The maximum atomic E-state index is 11.3. The molecule has 15 heavy (non-hydrogen) atoms. The minimum atomic E-state index is -0.422. The molecule has 0 bridgehead atoms. The van der Waals surface area contributed by atoms with Gasteiger partial charge >= 0.3 is 0 Å². The molecule has 0 heterocycles. The fourth-order valence-corrected chi connectivity index (χ4v) is 1.71. The van der Waals surface area contributed by atoms with Crippen LogP contribution in [0.5, 0.6) is 0 Å². The molecular formula is C11H12N2OS. The van der Waals surface area contributed by atoms with E-state index < -0.39 is 6.04 Å². The van der Waals surface area contributed by atoms with Crippen molar-refractivity contribution in [3.63, 3.8) is 0 Å². The second kappa shape index (κ2) is 6.10. The molecule has 1 N–H and O–H groups in total. The first-order valence-corrected chi connectivity index (χ1v) is 5.58. The van der Waals surface area contributed by atoms with Gasteiger partial charge < -0.3 is 5.32 Å². The van der Waals surface area contributed by atoms with Crippen LogP contribution in [-0.4, -0.2) is 17.7 Å². The summed E-state index contributed by atoms with van der Waals surface area (Å²) in [6.07, 6.45) is 0. The molecule has 0 radical (unpaired) electrons. The van der Waals surface area contributed by atoms with Crippen molar-refractivity contribution < 1.29 is 4.79 Å². The average Bonchev–Trinajstić information content (AvgIpc) is 2.27. The van der Waals surface area contributed by atoms with Crippen LogP contribution in [0.2, 0.25) is 0 Å². The second-order valence-corrected chi connectivity index (χ2v) is 4.07. The van der Waals surface area contributed by atoms with E-state index in [-0.39, 0.29) is 5.91 Å². The molecule has 1 aromatic rings. The highest BCUT2D eigenvalue weighted by molar-refractivity contribution is 8.00. The monoisotopic (exact) mass is 220 g/mol. The number of thioether (sulfide) groups is 1. The van der Waals surface area contributed by atoms with Crippen molar-refractivity contribution in [3.05, 3.63) is 30.3 Å². The summed E-state index contributed by atoms with van der Waals surface area (Å²) in [5.41, 5.74) is 0. The van der Waals surface area contributed by atoms with E-state index in [1.807, 2.05) is 36.4 Å². The Morgan fingerprint density at radius 2 is 2.20 bits per heavy atom. The van der Waals surface area contributed by atoms with E-state index in [2.05, 4.69) is 5.32 Å². The van der Waals surface area contributed by atoms with E-state index in [1.165, 1.54) is 11.8 Å². The third-order valence-electron chi connectivity index (χ3n) is 1.68. The molecule has 78 valence electrons. The Kier molecular flexibility index (Phi) is 4.72. The lowest BCUT2D eigenvalue weighted by Gasteiger charge is -2.05. The van der Waals surface area contributed by atoms with Crippen LogP contribution in [0.25, 0.3) is 0 Å². The molecule has 0 aliphatic rings. The van der Waals surface area contributed by atoms with Crippen LogP contribution in [0, 0.1) is 11.3 Å². The van der Waals surface area contributed by atoms with Crippen molar-refractivity contribution in [3.8, 4) is 6.07 Å². The van der Waals surface area contributed by atoms with E-state index in [4.69, 9.17) is 5.26 Å². The summed E-state index contributed by atoms with van der Waals surface area (Å²) in [6, 6.07) is 11.2. The largest absolute Gasteiger partial charge is 0.340 e. The fraction of sp³-hybridized carbons (Fsp3) is 0.273. The summed E-state index contributed by atoms with van der Waals surface area (Å²) in [7, 11) is 0. The molecule has 0 aliphatic carbocycles. The van der Waals surface area contributed by atoms with Gasteiger partial charge in [0.1, 0.15) is 6.04 Å². The predicted molar refractivity (Wildman–Crippen MR) is 60.4 cm³/mol. The maximum Gasteiger partial charge on any atom is 0.231 e. The van der Waals surface area contributed by atoms with Gasteiger partial charge in [0.2, 0.25) is 5.91 Å². The number of nitrogens with zero attached hydrogens (tertiary/aromatic N) is 1. The van der Waals surface area contributed by atoms with Crippen LogP contribution < -0.4 is 5.32 Å². The molecule has 1 aromatic carbocycles. The Hall–Kier alpha value is -1.47. The lowest BCUT2D eigenvalue weighted by atomic mass is 10.4. The summed E-state index contributed by atoms with van der Waals surface area (Å²) in [5, 5.41) is 11.1. The summed E-state index contributed by atoms with van der Waals surface area (Å²) < 4.78 is 0. The van der Waals surface area contributed by atoms with Crippen LogP contribution in [0.1, 0.15) is 6.92 Å². The van der Waals surface area contributed by atoms with Crippen molar-refractivity contribution in [2.45, 2.75) is 17.9 Å². The molecule has 1 atom stereocenters. The zero-order valence-corrected chi connectivity index (χ0v) is 9.25. The molecule has 1 unspecified atom stereocenters. The Morgan fingerprint density at radius 3 is 2.80 bits per heavy atom. The highest BCUT2D eigenvalue weighted by atomic mass is 32.2. The molecule has 0 saturated carbocycles. The smallest absolute Gasteiger partial charge is 0.231 e. The lowest BCUT2D eigenvalue weighted by Crippen LogP contribution is -2.32. The van der Waals surface area contributed by atoms with Crippen LogP contribution in [0.15, 0.2) is 35.2 Å². The first kappa shape index (κ1) is 11.6. The lowest BCUT2D eigenvalue weighted by molar-refractivity contribution is -0.118. The summed E-state index contributed by atoms with van der Waals surface area (Å²) in [5.74, 6) is 0.230. The Morgan fingerprint density at radius 1 is 1.53 bits per heavy atom. The third-order valence-corrected chi connectivity index (χ3v) is 2.70. The molecular weight excluding hydrogens is 208 g/mol. The Balaban J connectivity index is 2.32. The van der Waals surface area contributed by atoms with Crippen LogP contribution in [0.3, 0.4) is 0 Å². The van der Waals surface area contributed by atoms with Gasteiger partial charge in [0.25, 0.3) is 0 Å². The quantitative estimate of drug-likeness (QED) is 0.787. The van der Waals surface area contributed by atoms with Crippen LogP contribution in [0.4, 0.5) is 0 Å². The molecule has 0 fully saturated rings. The van der Waals surface area contributed by atoms with E-state index in [9.17, 15) is 4.79 Å². The number of hydrogen-bond donors (Lipinski definition) is 1. The average molecular weight is 220 g/mol. The van der Waals surface area contributed by atoms with Gasteiger partial charge in [-0.05, 0) is 19.1 Å². The van der Waals surface area contributed by atoms with Crippen molar-refractivity contribution in [1.82, 2.24) is 5.32 Å². The molecule has 4 heteroatoms. The first-order chi connectivity index (χ1) is 7.22. The van der Waals surface area contributed by atoms with Gasteiger partial charge in [0, 0.05) is 4.90 Å². The van der Waals surface area contributed by atoms with Crippen LogP contribution in [-0.2, 0) is 4.79 Å². The molecule has 0 aromatic heterocycles. The number of benzene rings is 1. The van der Waals surface area contributed by atoms with Crippen LogP contribution >= 0.6 is 11.8 Å². The highest BCUT2D eigenvalue weighted by Gasteiger charge is 2.05. The number of carbonyl (C=O) groups is 1. The van der Waals surface area contributed by atoms with Crippen molar-refractivity contribution in [2.75, 3.05) is 5.75 Å². The minimum absolute atomic E-state index is 0.113. The minimum Gasteiger partial charge on any atom is -0.340 e. The van der Waals surface area contributed by atoms with Gasteiger partial charge in [-0.25, -0.2) is 0 Å². The molecule has 0 spiro atoms. The fourth-order valence-electron chi connectivity index (χ4n) is 0.981. The number of hydrogen-bond acceptors (Lipinski definition) is 3. The van der Waals surface area contributed by atoms with E-state index >= 15 is 0 Å². The summed E-state index contributed by atoms with van der Waals surface area (Å²) in [6.45, 7) is 1.66. The predicted octanol–water partition coefficient (Wildman–Crippen LogP) is 1.81. The zero-order chi connectivity index (χ0) is 11.1. The van der Waals surface area contributed by atoms with E-state index in [0.29, 0.717) is 5.75 Å². The Bertz CT molecular complexity index is 359. The van der Waals surface area contributed by atoms with E-state index in [0.717, 1.165) is 4.90 Å². The first-order valence-electron chi connectivity index (χ1n) is 4.59. The SMILES string of the molecule is CC(C#N)NC(=O)CSc1ccccc1. The topological polar surface area (TPSA) is 52.9 Å². The molecule has 1 rings (SSSR count). The van der Waals surface area contributed by atoms with Crippen molar-refractivity contribution in [2.24, 2.45) is 0 Å². The van der Waals surface area contributed by atoms with Gasteiger partial charge in [-0.15, -0.1) is 11.8 Å². The molecule has 3 nitrogen and oxygen atoms in total. The molecule has 0 saturated heterocycles. The van der Waals surface area contributed by atoms with E-state index in [1.54, 1.807) is 6.92 Å². The second-order valence-electron chi connectivity index (χ2n) is 3.02. The Labute approximate surface area is 93.5 Å². The standard InChI is InChI=1S/C11H12N2OS/c1-9(7-12)13-11(14)8-15-10-5-3-2-4-6-10/h2-6,9H,8H2,1H3,(H,13,14). The maximum absolute atomic E-state index is 11.3. The van der Waals surface area contributed by atoms with Gasteiger partial charge in [-0.2, -0.15) is 5.26 Å². The third kappa shape index (κ3) is 4.52. The van der Waals surface area contributed by atoms with Crippen molar-refractivity contribution in [1.29, 1.82) is 5.26 Å². The van der Waals surface area contributed by atoms with Gasteiger partial charge in [0.05, 0.1) is 11.8 Å². The number of nitriles is 1. The van der Waals surface area contributed by atoms with Gasteiger partial charge in [0.15, 0.2) is 0 Å². The number of carbonyl (C=O) groups excluding carboxylic acids is 1. The zero-order valence-electron chi connectivity index (χ0n) is 8.43. The van der Waals surface area contributed by atoms with Gasteiger partial charge in [-0.1, -0.05) is 18.2 Å².